The topological polar surface area (TPSA) is 86.9 Å². The van der Waals surface area contributed by atoms with Crippen LogP contribution in [0.1, 0.15) is 18.2 Å². The molecule has 0 bridgehead atoms. The van der Waals surface area contributed by atoms with Gasteiger partial charge in [0.1, 0.15) is 27.8 Å². The van der Waals surface area contributed by atoms with Gasteiger partial charge in [-0.25, -0.2) is 0 Å². The van der Waals surface area contributed by atoms with E-state index in [1.54, 1.807) is 6.07 Å². The number of nitriles is 1. The van der Waals surface area contributed by atoms with Gasteiger partial charge in [0.2, 0.25) is 0 Å². The molecule has 3 aromatic rings. The first kappa shape index (κ1) is 19.4. The monoisotopic (exact) mass is 404 g/mol. The molecule has 3 rings (SSSR count). The number of benzene rings is 1. The van der Waals surface area contributed by atoms with Crippen LogP contribution in [0.2, 0.25) is 0 Å². The molecule has 0 aliphatic rings. The van der Waals surface area contributed by atoms with Crippen molar-refractivity contribution in [1.82, 2.24) is 4.98 Å². The lowest BCUT2D eigenvalue weighted by molar-refractivity contribution is -0.137. The predicted octanol–water partition coefficient (Wildman–Crippen LogP) is 2.81. The second-order valence-corrected chi connectivity index (χ2v) is 6.77. The number of H-pyrrole nitrogens is 1. The van der Waals surface area contributed by atoms with Crippen LogP contribution < -0.4 is 14.8 Å². The van der Waals surface area contributed by atoms with Crippen molar-refractivity contribution in [3.63, 3.8) is 0 Å². The number of aromatic nitrogens is 1. The highest BCUT2D eigenvalue weighted by molar-refractivity contribution is 7.07. The number of nitrogens with one attached hydrogen (secondary N) is 1. The van der Waals surface area contributed by atoms with Crippen LogP contribution in [0, 0.1) is 11.3 Å². The van der Waals surface area contributed by atoms with Gasteiger partial charge in [-0.1, -0.05) is 12.1 Å². The number of halogens is 3. The predicted molar refractivity (Wildman–Crippen MR) is 96.6 cm³/mol. The zero-order chi connectivity index (χ0) is 20.5. The fourth-order valence-electron chi connectivity index (χ4n) is 2.41. The van der Waals surface area contributed by atoms with Crippen molar-refractivity contribution in [3.8, 4) is 17.4 Å². The fourth-order valence-corrected chi connectivity index (χ4v) is 3.38. The van der Waals surface area contributed by atoms with Gasteiger partial charge in [0.25, 0.3) is 5.56 Å². The summed E-state index contributed by atoms with van der Waals surface area (Å²) >= 11 is 0.913. The van der Waals surface area contributed by atoms with Gasteiger partial charge in [0.15, 0.2) is 5.78 Å². The van der Waals surface area contributed by atoms with Crippen LogP contribution in [0.15, 0.2) is 45.6 Å². The second-order valence-electron chi connectivity index (χ2n) is 5.72. The molecule has 0 aliphatic heterocycles. The quantitative estimate of drug-likeness (QED) is 0.727. The first-order valence-corrected chi connectivity index (χ1v) is 8.64. The maximum atomic E-state index is 12.9. The third-order valence-electron chi connectivity index (χ3n) is 3.73. The van der Waals surface area contributed by atoms with Gasteiger partial charge in [0, 0.05) is 11.6 Å². The molecule has 1 N–H and O–H groups in total. The number of nitrogens with zero attached hydrogens (tertiary/aromatic N) is 1. The van der Waals surface area contributed by atoms with Crippen LogP contribution in [-0.4, -0.2) is 10.8 Å². The van der Waals surface area contributed by atoms with Gasteiger partial charge in [0.05, 0.1) is 10.1 Å². The van der Waals surface area contributed by atoms with E-state index in [1.165, 1.54) is 37.3 Å². The molecule has 5 nitrogen and oxygen atoms in total. The summed E-state index contributed by atoms with van der Waals surface area (Å²) in [6, 6.07) is 9.44. The maximum absolute atomic E-state index is 12.9. The van der Waals surface area contributed by atoms with E-state index in [4.69, 9.17) is 9.68 Å². The maximum Gasteiger partial charge on any atom is 0.416 e. The smallest absolute Gasteiger partial charge is 0.416 e. The molecule has 2 heterocycles. The summed E-state index contributed by atoms with van der Waals surface area (Å²) in [5.41, 5.74) is -1.22. The number of thiazole rings is 1. The van der Waals surface area contributed by atoms with Crippen molar-refractivity contribution >= 4 is 28.8 Å². The van der Waals surface area contributed by atoms with Gasteiger partial charge in [-0.3, -0.25) is 9.59 Å². The normalized spacial score (nSPS) is 13.3. The minimum Gasteiger partial charge on any atom is -0.457 e. The molecule has 142 valence electrons. The molecule has 2 aromatic heterocycles. The Morgan fingerprint density at radius 3 is 2.68 bits per heavy atom. The average Bonchev–Trinajstić information content (AvgIpc) is 3.22. The van der Waals surface area contributed by atoms with E-state index < -0.39 is 23.1 Å². The Morgan fingerprint density at radius 1 is 1.29 bits per heavy atom. The molecule has 0 saturated carbocycles. The summed E-state index contributed by atoms with van der Waals surface area (Å²) in [5.74, 6) is -0.0254. The van der Waals surface area contributed by atoms with Gasteiger partial charge in [-0.2, -0.15) is 18.4 Å². The highest BCUT2D eigenvalue weighted by Gasteiger charge is 2.30. The molecule has 0 spiro atoms. The van der Waals surface area contributed by atoms with E-state index in [0.29, 0.717) is 0 Å². The zero-order valence-corrected chi connectivity index (χ0v) is 15.1. The number of carbonyl (C=O) groups excluding carboxylic acids is 1. The Morgan fingerprint density at radius 2 is 2.04 bits per heavy atom. The number of furan rings is 1. The lowest BCUT2D eigenvalue weighted by atomic mass is 10.1. The molecule has 0 amide bonds. The van der Waals surface area contributed by atoms with Gasteiger partial charge < -0.3 is 9.40 Å². The van der Waals surface area contributed by atoms with Crippen LogP contribution in [0.3, 0.4) is 0 Å². The lowest BCUT2D eigenvalue weighted by Crippen LogP contribution is -2.20. The summed E-state index contributed by atoms with van der Waals surface area (Å²) in [7, 11) is 0. The summed E-state index contributed by atoms with van der Waals surface area (Å²) in [6.07, 6.45) is -3.08. The number of hydrogen-bond donors (Lipinski definition) is 1. The van der Waals surface area contributed by atoms with Crippen LogP contribution in [0.5, 0.6) is 0 Å². The van der Waals surface area contributed by atoms with Crippen molar-refractivity contribution in [1.29, 1.82) is 5.26 Å². The van der Waals surface area contributed by atoms with Crippen molar-refractivity contribution < 1.29 is 22.4 Å². The molecular formula is C19H11F3N2O3S. The largest absolute Gasteiger partial charge is 0.457 e. The third-order valence-corrected chi connectivity index (χ3v) is 4.76. The molecule has 0 saturated heterocycles. The average molecular weight is 404 g/mol. The first-order chi connectivity index (χ1) is 13.2. The summed E-state index contributed by atoms with van der Waals surface area (Å²) < 4.78 is 44.4. The lowest BCUT2D eigenvalue weighted by Gasteiger charge is -2.07. The molecule has 0 radical (unpaired) electrons. The Kier molecular flexibility index (Phi) is 5.07. The van der Waals surface area contributed by atoms with Crippen LogP contribution in [0.4, 0.5) is 13.2 Å². The van der Waals surface area contributed by atoms with E-state index in [1.807, 2.05) is 0 Å². The SMILES string of the molecule is CC(=O)C(C#N)=c1[nH]c(=O)c(=Cc2ccc(-c3cccc(C(F)(F)F)c3)o2)s1. The highest BCUT2D eigenvalue weighted by atomic mass is 32.1. The molecular weight excluding hydrogens is 393 g/mol. The van der Waals surface area contributed by atoms with Crippen molar-refractivity contribution in [2.45, 2.75) is 13.1 Å². The third kappa shape index (κ3) is 3.97. The summed E-state index contributed by atoms with van der Waals surface area (Å²) in [5, 5.41) is 9.02. The van der Waals surface area contributed by atoms with Crippen LogP contribution >= 0.6 is 11.3 Å². The Hall–Kier alpha value is -3.38. The van der Waals surface area contributed by atoms with Crippen LogP contribution in [-0.2, 0) is 11.0 Å². The van der Waals surface area contributed by atoms with Crippen molar-refractivity contribution in [2.24, 2.45) is 0 Å². The minimum atomic E-state index is -4.47. The molecule has 9 heteroatoms. The van der Waals surface area contributed by atoms with Gasteiger partial charge in [-0.15, -0.1) is 11.3 Å². The number of rotatable bonds is 3. The Bertz CT molecular complexity index is 1270. The fraction of sp³-hybridized carbons (Fsp3) is 0.105. The van der Waals surface area contributed by atoms with E-state index >= 15 is 0 Å². The van der Waals surface area contributed by atoms with Gasteiger partial charge in [-0.05, 0) is 31.2 Å². The highest BCUT2D eigenvalue weighted by Crippen LogP contribution is 2.32. The zero-order valence-electron chi connectivity index (χ0n) is 14.3. The number of carbonyl (C=O) groups is 1. The van der Waals surface area contributed by atoms with Crippen molar-refractivity contribution in [3.05, 3.63) is 67.3 Å². The summed E-state index contributed by atoms with van der Waals surface area (Å²) in [4.78, 5) is 25.9. The molecule has 1 aromatic carbocycles. The van der Waals surface area contributed by atoms with E-state index in [0.717, 1.165) is 23.5 Å². The standard InChI is InChI=1S/C19H11F3N2O3S/c1-10(25)14(9-23)18-24-17(26)16(28-18)8-13-5-6-15(27-13)11-3-2-4-12(7-11)19(20,21)22/h2-8H,1H3,(H,24,26). The van der Waals surface area contributed by atoms with E-state index in [2.05, 4.69) is 4.98 Å². The minimum absolute atomic E-state index is 0.135. The number of aromatic amines is 1. The van der Waals surface area contributed by atoms with Gasteiger partial charge >= 0.3 is 6.18 Å². The molecule has 0 unspecified atom stereocenters. The molecule has 0 atom stereocenters. The molecule has 28 heavy (non-hydrogen) atoms. The van der Waals surface area contributed by atoms with E-state index in [-0.39, 0.29) is 31.9 Å². The Balaban J connectivity index is 2.03. The van der Waals surface area contributed by atoms with E-state index in [9.17, 15) is 22.8 Å². The number of ketones is 1. The summed E-state index contributed by atoms with van der Waals surface area (Å²) in [6.45, 7) is 1.22. The molecule has 0 fully saturated rings. The second kappa shape index (κ2) is 7.32. The number of Topliss-reactive ketones (excluding diaryl/α,β-unsaturated/α-hetero) is 1. The molecule has 0 aliphatic carbocycles. The Labute approximate surface area is 159 Å². The first-order valence-electron chi connectivity index (χ1n) is 7.82. The number of hydrogen-bond acceptors (Lipinski definition) is 5. The van der Waals surface area contributed by atoms with Crippen molar-refractivity contribution in [2.75, 3.05) is 0 Å². The van der Waals surface area contributed by atoms with Crippen LogP contribution in [0.25, 0.3) is 23.0 Å². The number of alkyl halides is 3.